The van der Waals surface area contributed by atoms with Crippen LogP contribution in [0, 0.1) is 0 Å². The van der Waals surface area contributed by atoms with E-state index in [0.29, 0.717) is 18.5 Å². The first-order chi connectivity index (χ1) is 11.7. The summed E-state index contributed by atoms with van der Waals surface area (Å²) in [6.45, 7) is 0.625. The Labute approximate surface area is 140 Å². The fraction of sp³-hybridized carbons (Fsp3) is 0.200. The van der Waals surface area contributed by atoms with Gasteiger partial charge in [0.05, 0.1) is 12.7 Å². The second-order valence-corrected chi connectivity index (χ2v) is 5.71. The number of rotatable bonds is 6. The summed E-state index contributed by atoms with van der Waals surface area (Å²) in [5, 5.41) is 0.863. The Balaban J connectivity index is 2.02. The zero-order chi connectivity index (χ0) is 16.9. The third-order valence-corrected chi connectivity index (χ3v) is 4.26. The number of benzene rings is 2. The zero-order valence-electron chi connectivity index (χ0n) is 13.5. The summed E-state index contributed by atoms with van der Waals surface area (Å²) in [6.07, 6.45) is 3.20. The SMILES string of the molecule is COC(=O)c1cn(C[C@@H](CC=O)c2ccccc2)c2ccccc12. The van der Waals surface area contributed by atoms with Gasteiger partial charge in [0.15, 0.2) is 0 Å². The molecule has 4 heteroatoms. The standard InChI is InChI=1S/C20H19NO3/c1-24-20(23)18-14-21(19-10-6-5-9-17(18)19)13-16(11-12-22)15-7-3-2-4-8-15/h2-10,12,14,16H,11,13H2,1H3/t16-/m1/s1. The lowest BCUT2D eigenvalue weighted by Gasteiger charge is -2.16. The Bertz CT molecular complexity index is 852. The molecule has 0 aliphatic rings. The predicted molar refractivity (Wildman–Crippen MR) is 93.1 cm³/mol. The van der Waals surface area contributed by atoms with Gasteiger partial charge in [0, 0.05) is 36.0 Å². The van der Waals surface area contributed by atoms with E-state index in [9.17, 15) is 9.59 Å². The third-order valence-electron chi connectivity index (χ3n) is 4.26. The molecule has 122 valence electrons. The Morgan fingerprint density at radius 2 is 1.83 bits per heavy atom. The lowest BCUT2D eigenvalue weighted by atomic mass is 9.96. The van der Waals surface area contributed by atoms with Gasteiger partial charge in [-0.2, -0.15) is 0 Å². The molecule has 0 aliphatic heterocycles. The molecule has 0 N–H and O–H groups in total. The number of para-hydroxylation sites is 1. The van der Waals surface area contributed by atoms with Crippen LogP contribution in [0.4, 0.5) is 0 Å². The second-order valence-electron chi connectivity index (χ2n) is 5.71. The molecule has 2 aromatic carbocycles. The molecule has 0 saturated heterocycles. The van der Waals surface area contributed by atoms with Crippen molar-refractivity contribution in [3.63, 3.8) is 0 Å². The topological polar surface area (TPSA) is 48.3 Å². The highest BCUT2D eigenvalue weighted by atomic mass is 16.5. The summed E-state index contributed by atoms with van der Waals surface area (Å²) in [6, 6.07) is 17.7. The van der Waals surface area contributed by atoms with E-state index in [1.165, 1.54) is 7.11 Å². The Kier molecular flexibility index (Phi) is 4.75. The fourth-order valence-electron chi connectivity index (χ4n) is 3.07. The van der Waals surface area contributed by atoms with Gasteiger partial charge in [-0.1, -0.05) is 48.5 Å². The summed E-state index contributed by atoms with van der Waals surface area (Å²) >= 11 is 0. The number of hydrogen-bond donors (Lipinski definition) is 0. The summed E-state index contributed by atoms with van der Waals surface area (Å²) < 4.78 is 6.92. The average Bonchev–Trinajstić information content (AvgIpc) is 3.00. The van der Waals surface area contributed by atoms with Gasteiger partial charge in [0.1, 0.15) is 6.29 Å². The van der Waals surface area contributed by atoms with Gasteiger partial charge in [-0.15, -0.1) is 0 Å². The van der Waals surface area contributed by atoms with Gasteiger partial charge < -0.3 is 14.1 Å². The summed E-state index contributed by atoms with van der Waals surface area (Å²) in [5.41, 5.74) is 2.62. The molecule has 0 radical (unpaired) electrons. The molecule has 3 rings (SSSR count). The number of carbonyl (C=O) groups is 2. The molecule has 0 amide bonds. The van der Waals surface area contributed by atoms with E-state index in [-0.39, 0.29) is 11.9 Å². The van der Waals surface area contributed by atoms with Crippen LogP contribution in [0.1, 0.15) is 28.3 Å². The van der Waals surface area contributed by atoms with Gasteiger partial charge in [-0.3, -0.25) is 0 Å². The number of ether oxygens (including phenoxy) is 1. The minimum Gasteiger partial charge on any atom is -0.465 e. The van der Waals surface area contributed by atoms with Crippen LogP contribution in [0.15, 0.2) is 60.8 Å². The number of carbonyl (C=O) groups excluding carboxylic acids is 2. The maximum absolute atomic E-state index is 12.0. The highest BCUT2D eigenvalue weighted by Crippen LogP contribution is 2.27. The molecule has 0 spiro atoms. The van der Waals surface area contributed by atoms with Crippen LogP contribution in [0.5, 0.6) is 0 Å². The first-order valence-corrected chi connectivity index (χ1v) is 7.89. The van der Waals surface area contributed by atoms with E-state index >= 15 is 0 Å². The molecule has 1 atom stereocenters. The van der Waals surface area contributed by atoms with Crippen molar-refractivity contribution in [1.82, 2.24) is 4.57 Å². The number of aldehydes is 1. The maximum Gasteiger partial charge on any atom is 0.340 e. The molecule has 4 nitrogen and oxygen atoms in total. The van der Waals surface area contributed by atoms with Crippen LogP contribution in [-0.4, -0.2) is 23.9 Å². The highest BCUT2D eigenvalue weighted by Gasteiger charge is 2.18. The normalized spacial score (nSPS) is 12.0. The fourth-order valence-corrected chi connectivity index (χ4v) is 3.07. The van der Waals surface area contributed by atoms with Crippen LogP contribution in [-0.2, 0) is 16.1 Å². The van der Waals surface area contributed by atoms with Crippen LogP contribution in [0.25, 0.3) is 10.9 Å². The first-order valence-electron chi connectivity index (χ1n) is 7.89. The molecule has 1 heterocycles. The van der Waals surface area contributed by atoms with Gasteiger partial charge in [-0.25, -0.2) is 4.79 Å². The minimum atomic E-state index is -0.350. The quantitative estimate of drug-likeness (QED) is 0.512. The molecule has 0 aliphatic carbocycles. The van der Waals surface area contributed by atoms with Crippen molar-refractivity contribution >= 4 is 23.2 Å². The van der Waals surface area contributed by atoms with Crippen molar-refractivity contribution in [2.75, 3.05) is 7.11 Å². The molecule has 0 saturated carbocycles. The minimum absolute atomic E-state index is 0.0602. The Hall–Kier alpha value is -2.88. The summed E-state index contributed by atoms with van der Waals surface area (Å²) in [4.78, 5) is 23.1. The zero-order valence-corrected chi connectivity index (χ0v) is 13.5. The van der Waals surface area contributed by atoms with Crippen molar-refractivity contribution in [1.29, 1.82) is 0 Å². The van der Waals surface area contributed by atoms with E-state index in [4.69, 9.17) is 4.74 Å². The summed E-state index contributed by atoms with van der Waals surface area (Å²) in [5.74, 6) is -0.290. The van der Waals surface area contributed by atoms with Crippen molar-refractivity contribution in [3.05, 3.63) is 71.9 Å². The van der Waals surface area contributed by atoms with Gasteiger partial charge >= 0.3 is 5.97 Å². The highest BCUT2D eigenvalue weighted by molar-refractivity contribution is 6.04. The molecule has 1 aromatic heterocycles. The number of methoxy groups -OCH3 is 1. The van der Waals surface area contributed by atoms with Crippen molar-refractivity contribution < 1.29 is 14.3 Å². The number of aromatic nitrogens is 1. The molecule has 24 heavy (non-hydrogen) atoms. The lowest BCUT2D eigenvalue weighted by Crippen LogP contribution is -2.09. The van der Waals surface area contributed by atoms with Crippen LogP contribution in [0.2, 0.25) is 0 Å². The van der Waals surface area contributed by atoms with E-state index in [2.05, 4.69) is 0 Å². The molecule has 0 bridgehead atoms. The molecule has 0 unspecified atom stereocenters. The monoisotopic (exact) mass is 321 g/mol. The Morgan fingerprint density at radius 3 is 2.54 bits per heavy atom. The number of fused-ring (bicyclic) bond motifs is 1. The van der Waals surface area contributed by atoms with Gasteiger partial charge in [0.2, 0.25) is 0 Å². The van der Waals surface area contributed by atoms with Crippen LogP contribution in [0.3, 0.4) is 0 Å². The average molecular weight is 321 g/mol. The Morgan fingerprint density at radius 1 is 1.12 bits per heavy atom. The van der Waals surface area contributed by atoms with E-state index in [1.807, 2.05) is 65.4 Å². The third kappa shape index (κ3) is 3.08. The molecular formula is C20H19NO3. The van der Waals surface area contributed by atoms with Crippen LogP contribution < -0.4 is 0 Å². The van der Waals surface area contributed by atoms with E-state index in [1.54, 1.807) is 0 Å². The van der Waals surface area contributed by atoms with Crippen LogP contribution >= 0.6 is 0 Å². The largest absolute Gasteiger partial charge is 0.465 e. The van der Waals surface area contributed by atoms with Gasteiger partial charge in [-0.05, 0) is 11.6 Å². The van der Waals surface area contributed by atoms with Crippen molar-refractivity contribution in [2.45, 2.75) is 18.9 Å². The van der Waals surface area contributed by atoms with E-state index in [0.717, 1.165) is 22.8 Å². The number of nitrogens with zero attached hydrogens (tertiary/aromatic N) is 1. The number of esters is 1. The van der Waals surface area contributed by atoms with E-state index < -0.39 is 0 Å². The number of hydrogen-bond acceptors (Lipinski definition) is 3. The first kappa shape index (κ1) is 16.0. The predicted octanol–water partition coefficient (Wildman–Crippen LogP) is 3.80. The maximum atomic E-state index is 12.0. The molecule has 0 fully saturated rings. The lowest BCUT2D eigenvalue weighted by molar-refractivity contribution is -0.108. The smallest absolute Gasteiger partial charge is 0.340 e. The second kappa shape index (κ2) is 7.13. The van der Waals surface area contributed by atoms with Crippen molar-refractivity contribution in [3.8, 4) is 0 Å². The van der Waals surface area contributed by atoms with Crippen molar-refractivity contribution in [2.24, 2.45) is 0 Å². The molecular weight excluding hydrogens is 302 g/mol. The molecule has 3 aromatic rings. The summed E-state index contributed by atoms with van der Waals surface area (Å²) in [7, 11) is 1.38. The van der Waals surface area contributed by atoms with Gasteiger partial charge in [0.25, 0.3) is 0 Å².